The summed E-state index contributed by atoms with van der Waals surface area (Å²) in [6.07, 6.45) is -0.810. The fraction of sp³-hybridized carbons (Fsp3) is 0.286. The molecule has 30 heavy (non-hydrogen) atoms. The number of amidine groups is 1. The molecule has 9 heteroatoms. The normalized spacial score (nSPS) is 19.4. The Morgan fingerprint density at radius 1 is 1.30 bits per heavy atom. The van der Waals surface area contributed by atoms with Crippen molar-refractivity contribution in [3.8, 4) is 0 Å². The molecule has 1 unspecified atom stereocenters. The topological polar surface area (TPSA) is 77.8 Å². The van der Waals surface area contributed by atoms with Gasteiger partial charge in [-0.2, -0.15) is 5.10 Å². The van der Waals surface area contributed by atoms with Gasteiger partial charge in [-0.25, -0.2) is 13.8 Å². The number of rotatable bonds is 6. The number of ether oxygens (including phenoxy) is 1. The molecular weight excluding hydrogens is 410 g/mol. The summed E-state index contributed by atoms with van der Waals surface area (Å²) < 4.78 is 33.5. The van der Waals surface area contributed by atoms with Gasteiger partial charge in [0.15, 0.2) is 4.87 Å². The Kier molecular flexibility index (Phi) is 6.52. The van der Waals surface area contributed by atoms with Crippen LogP contribution < -0.4 is 5.32 Å². The molecule has 1 heterocycles. The number of carbonyl (C=O) groups excluding carboxylic acids is 1. The van der Waals surface area contributed by atoms with E-state index in [0.717, 1.165) is 35.5 Å². The van der Waals surface area contributed by atoms with E-state index in [1.165, 1.54) is 12.1 Å². The van der Waals surface area contributed by atoms with E-state index < -0.39 is 28.5 Å². The van der Waals surface area contributed by atoms with Crippen molar-refractivity contribution in [2.24, 2.45) is 5.10 Å². The SMILES string of the molecule is CO[C@@H](C)C(=O)N1N=C(c2cc(F)ccc2F)SC1(CNC(C)=N)c1ccccc1. The number of hydrogen-bond donors (Lipinski definition) is 2. The number of methoxy groups -OCH3 is 1. The third kappa shape index (κ3) is 4.22. The maximum atomic E-state index is 14.5. The largest absolute Gasteiger partial charge is 0.372 e. The molecule has 0 aliphatic carbocycles. The standard InChI is InChI=1S/C21H22F2N4O2S/c1-13(29-3)20(28)27-21(12-25-14(2)24,15-7-5-4-6-8-15)30-19(26-27)17-11-16(22)9-10-18(17)23/h4-11,13H,12H2,1-3H3,(H2,24,25)/t13-,21?/m0/s1. The molecule has 0 radical (unpaired) electrons. The second-order valence-corrected chi connectivity index (χ2v) is 8.05. The highest BCUT2D eigenvalue weighted by Crippen LogP contribution is 2.47. The molecule has 0 fully saturated rings. The van der Waals surface area contributed by atoms with Crippen LogP contribution in [0.25, 0.3) is 0 Å². The van der Waals surface area contributed by atoms with Gasteiger partial charge in [-0.1, -0.05) is 42.1 Å². The number of hydrazone groups is 1. The molecule has 0 aromatic heterocycles. The Labute approximate surface area is 177 Å². The number of thioether (sulfide) groups is 1. The van der Waals surface area contributed by atoms with E-state index in [2.05, 4.69) is 10.4 Å². The summed E-state index contributed by atoms with van der Waals surface area (Å²) in [6, 6.07) is 12.2. The van der Waals surface area contributed by atoms with Crippen molar-refractivity contribution < 1.29 is 18.3 Å². The van der Waals surface area contributed by atoms with Crippen LogP contribution in [-0.4, -0.2) is 41.6 Å². The van der Waals surface area contributed by atoms with Crippen LogP contribution in [0.2, 0.25) is 0 Å². The summed E-state index contributed by atoms with van der Waals surface area (Å²) in [7, 11) is 1.41. The van der Waals surface area contributed by atoms with Crippen LogP contribution in [0.1, 0.15) is 25.0 Å². The molecule has 158 valence electrons. The minimum atomic E-state index is -1.12. The van der Waals surface area contributed by atoms with E-state index in [1.807, 2.05) is 30.3 Å². The highest BCUT2D eigenvalue weighted by molar-refractivity contribution is 8.15. The number of nitrogens with one attached hydrogen (secondary N) is 2. The first-order chi connectivity index (χ1) is 14.3. The quantitative estimate of drug-likeness (QED) is 0.539. The molecule has 2 aromatic carbocycles. The molecular formula is C21H22F2N4O2S. The van der Waals surface area contributed by atoms with Crippen LogP contribution in [0.4, 0.5) is 8.78 Å². The summed E-state index contributed by atoms with van der Waals surface area (Å²) in [5.74, 6) is -1.49. The van der Waals surface area contributed by atoms with Gasteiger partial charge in [0.25, 0.3) is 5.91 Å². The first-order valence-corrected chi connectivity index (χ1v) is 10.0. The Morgan fingerprint density at radius 3 is 2.63 bits per heavy atom. The minimum Gasteiger partial charge on any atom is -0.372 e. The van der Waals surface area contributed by atoms with Crippen molar-refractivity contribution in [1.82, 2.24) is 10.3 Å². The monoisotopic (exact) mass is 432 g/mol. The van der Waals surface area contributed by atoms with E-state index >= 15 is 0 Å². The van der Waals surface area contributed by atoms with E-state index in [0.29, 0.717) is 0 Å². The van der Waals surface area contributed by atoms with Crippen LogP contribution in [0.15, 0.2) is 53.6 Å². The summed E-state index contributed by atoms with van der Waals surface area (Å²) in [6.45, 7) is 3.30. The highest BCUT2D eigenvalue weighted by atomic mass is 32.2. The lowest BCUT2D eigenvalue weighted by Gasteiger charge is -2.37. The molecule has 2 N–H and O–H groups in total. The van der Waals surface area contributed by atoms with E-state index in [9.17, 15) is 13.6 Å². The van der Waals surface area contributed by atoms with Gasteiger partial charge < -0.3 is 10.1 Å². The highest BCUT2D eigenvalue weighted by Gasteiger charge is 2.50. The van der Waals surface area contributed by atoms with Crippen LogP contribution in [0.3, 0.4) is 0 Å². The van der Waals surface area contributed by atoms with Crippen LogP contribution >= 0.6 is 11.8 Å². The Morgan fingerprint density at radius 2 is 2.00 bits per heavy atom. The Bertz CT molecular complexity index is 986. The van der Waals surface area contributed by atoms with Gasteiger partial charge in [-0.3, -0.25) is 10.2 Å². The second-order valence-electron chi connectivity index (χ2n) is 6.79. The van der Waals surface area contributed by atoms with Gasteiger partial charge in [0.05, 0.1) is 12.4 Å². The van der Waals surface area contributed by atoms with Crippen molar-refractivity contribution in [2.75, 3.05) is 13.7 Å². The second kappa shape index (κ2) is 8.93. The first-order valence-electron chi connectivity index (χ1n) is 9.23. The van der Waals surface area contributed by atoms with Gasteiger partial charge in [-0.15, -0.1) is 0 Å². The van der Waals surface area contributed by atoms with Gasteiger partial charge in [-0.05, 0) is 37.6 Å². The molecule has 0 bridgehead atoms. The van der Waals surface area contributed by atoms with Crippen LogP contribution in [0, 0.1) is 17.0 Å². The van der Waals surface area contributed by atoms with Gasteiger partial charge in [0.1, 0.15) is 22.8 Å². The summed E-state index contributed by atoms with van der Waals surface area (Å²) >= 11 is 1.13. The number of benzene rings is 2. The van der Waals surface area contributed by atoms with Gasteiger partial charge in [0, 0.05) is 12.7 Å². The van der Waals surface area contributed by atoms with Gasteiger partial charge in [0.2, 0.25) is 0 Å². The average molecular weight is 432 g/mol. The maximum Gasteiger partial charge on any atom is 0.273 e. The van der Waals surface area contributed by atoms with Crippen LogP contribution in [-0.2, 0) is 14.4 Å². The maximum absolute atomic E-state index is 14.5. The van der Waals surface area contributed by atoms with E-state index in [-0.39, 0.29) is 23.0 Å². The average Bonchev–Trinajstić information content (AvgIpc) is 3.14. The third-order valence-corrected chi connectivity index (χ3v) is 6.07. The molecule has 6 nitrogen and oxygen atoms in total. The summed E-state index contributed by atoms with van der Waals surface area (Å²) in [4.78, 5) is 12.0. The molecule has 1 aliphatic heterocycles. The number of hydrogen-bond acceptors (Lipinski definition) is 5. The lowest BCUT2D eigenvalue weighted by atomic mass is 10.0. The molecule has 1 aliphatic rings. The smallest absolute Gasteiger partial charge is 0.273 e. The molecule has 1 amide bonds. The molecule has 0 spiro atoms. The first kappa shape index (κ1) is 21.9. The molecule has 2 aromatic rings. The van der Waals surface area contributed by atoms with Crippen molar-refractivity contribution in [2.45, 2.75) is 24.8 Å². The predicted molar refractivity (Wildman–Crippen MR) is 113 cm³/mol. The number of nitrogens with zero attached hydrogens (tertiary/aromatic N) is 2. The summed E-state index contributed by atoms with van der Waals surface area (Å²) in [5, 5.41) is 16.5. The molecule has 0 saturated heterocycles. The van der Waals surface area contributed by atoms with Crippen molar-refractivity contribution in [3.05, 3.63) is 71.3 Å². The van der Waals surface area contributed by atoms with Crippen LogP contribution in [0.5, 0.6) is 0 Å². The zero-order valence-corrected chi connectivity index (χ0v) is 17.6. The lowest BCUT2D eigenvalue weighted by Crippen LogP contribution is -2.51. The lowest BCUT2D eigenvalue weighted by molar-refractivity contribution is -0.144. The Hall–Kier alpha value is -2.78. The number of carbonyl (C=O) groups is 1. The van der Waals surface area contributed by atoms with Gasteiger partial charge >= 0.3 is 0 Å². The van der Waals surface area contributed by atoms with Crippen molar-refractivity contribution in [1.29, 1.82) is 5.41 Å². The molecule has 0 saturated carbocycles. The fourth-order valence-electron chi connectivity index (χ4n) is 3.01. The number of amides is 1. The minimum absolute atomic E-state index is 0.0350. The molecule has 2 atom stereocenters. The third-order valence-electron chi connectivity index (χ3n) is 4.69. The van der Waals surface area contributed by atoms with E-state index in [1.54, 1.807) is 13.8 Å². The zero-order valence-electron chi connectivity index (χ0n) is 16.8. The predicted octanol–water partition coefficient (Wildman–Crippen LogP) is 3.68. The fourth-order valence-corrected chi connectivity index (χ4v) is 4.34. The Balaban J connectivity index is 2.17. The van der Waals surface area contributed by atoms with Crippen molar-refractivity contribution >= 4 is 28.5 Å². The molecule has 3 rings (SSSR count). The number of halogens is 2. The van der Waals surface area contributed by atoms with E-state index in [4.69, 9.17) is 10.1 Å². The summed E-state index contributed by atoms with van der Waals surface area (Å²) in [5.41, 5.74) is 0.684. The van der Waals surface area contributed by atoms with Crippen molar-refractivity contribution in [3.63, 3.8) is 0 Å². The zero-order chi connectivity index (χ0) is 21.9.